The zero-order valence-electron chi connectivity index (χ0n) is 30.5. The van der Waals surface area contributed by atoms with Crippen LogP contribution in [0, 0.1) is 6.92 Å². The van der Waals surface area contributed by atoms with Crippen LogP contribution in [0.4, 0.5) is 34.1 Å². The van der Waals surface area contributed by atoms with Crippen molar-refractivity contribution in [1.29, 1.82) is 0 Å². The normalized spacial score (nSPS) is 14.1. The third-order valence-corrected chi connectivity index (χ3v) is 11.9. The van der Waals surface area contributed by atoms with E-state index in [1.54, 1.807) is 0 Å². The zero-order chi connectivity index (χ0) is 36.1. The van der Waals surface area contributed by atoms with E-state index in [-0.39, 0.29) is 12.1 Å². The molecule has 0 saturated carbocycles. The summed E-state index contributed by atoms with van der Waals surface area (Å²) in [5.74, 6) is 1.88. The highest BCUT2D eigenvalue weighted by atomic mass is 16.5. The molecule has 0 amide bonds. The van der Waals surface area contributed by atoms with Gasteiger partial charge < -0.3 is 14.5 Å². The van der Waals surface area contributed by atoms with Gasteiger partial charge >= 0.3 is 0 Å². The average Bonchev–Trinajstić information content (AvgIpc) is 3.43. The average molecular weight is 693 g/mol. The van der Waals surface area contributed by atoms with Crippen LogP contribution in [-0.4, -0.2) is 6.71 Å². The van der Waals surface area contributed by atoms with Crippen molar-refractivity contribution in [2.45, 2.75) is 26.2 Å². The van der Waals surface area contributed by atoms with Gasteiger partial charge in [0.2, 0.25) is 0 Å². The molecule has 0 fully saturated rings. The summed E-state index contributed by atoms with van der Waals surface area (Å²) in [6, 6.07) is 61.9. The number of aryl methyl sites for hydroxylation is 1. The molecule has 256 valence electrons. The molecular weight excluding hydrogens is 655 g/mol. The van der Waals surface area contributed by atoms with E-state index < -0.39 is 0 Å². The Morgan fingerprint density at radius 1 is 0.556 bits per heavy atom. The minimum atomic E-state index is -0.266. The van der Waals surface area contributed by atoms with E-state index in [0.29, 0.717) is 0 Å². The van der Waals surface area contributed by atoms with Gasteiger partial charge in [0.05, 0.1) is 5.69 Å². The number of hydrogen-bond donors (Lipinski definition) is 0. The predicted octanol–water partition coefficient (Wildman–Crippen LogP) is 11.3. The van der Waals surface area contributed by atoms with Crippen molar-refractivity contribution in [3.63, 3.8) is 0 Å². The van der Waals surface area contributed by atoms with Crippen molar-refractivity contribution < 1.29 is 4.74 Å². The van der Waals surface area contributed by atoms with Gasteiger partial charge in [0, 0.05) is 39.2 Å². The number of ether oxygens (including phenoxy) is 1. The van der Waals surface area contributed by atoms with Gasteiger partial charge in [0.25, 0.3) is 6.71 Å². The minimum Gasteiger partial charge on any atom is -0.458 e. The molecule has 3 aliphatic rings. The molecule has 0 aromatic heterocycles. The summed E-state index contributed by atoms with van der Waals surface area (Å²) >= 11 is 0. The molecular formula is C50H37BN2O. The molecule has 11 rings (SSSR count). The summed E-state index contributed by atoms with van der Waals surface area (Å²) in [5, 5.41) is 2.48. The lowest BCUT2D eigenvalue weighted by molar-refractivity contribution is 0.487. The van der Waals surface area contributed by atoms with Crippen LogP contribution in [0.1, 0.15) is 30.5 Å². The fraction of sp³-hybridized carbons (Fsp3) is 0.0800. The molecule has 54 heavy (non-hydrogen) atoms. The van der Waals surface area contributed by atoms with Crippen LogP contribution in [0.3, 0.4) is 0 Å². The standard InChI is InChI=1S/C50H37BN2O/c1-32-27-45-49-47(28-32)54-46-29-38-39(30-42(46)51(49)41-25-15-16-26-43(41)53(45)35-21-11-6-12-22-35)50(2,3)40-31-44(36-23-13-14-24-37(36)48(38)40)52(33-17-7-4-8-18-33)34-19-9-5-10-20-34/h4-31H,1-3H3. The number of para-hydroxylation sites is 4. The molecule has 1 aliphatic carbocycles. The molecule has 0 saturated heterocycles. The SMILES string of the molecule is Cc1cc2c3c(c1)N(c1ccccc1)c1ccccc1B3c1cc3c(cc1O2)-c1c(cc(N(c2ccccc2)c2ccccc2)c2ccccc12)C3(C)C. The molecule has 0 atom stereocenters. The van der Waals surface area contributed by atoms with Crippen LogP contribution in [0.2, 0.25) is 0 Å². The minimum absolute atomic E-state index is 0.0410. The van der Waals surface area contributed by atoms with Gasteiger partial charge in [-0.05, 0) is 123 Å². The molecule has 0 radical (unpaired) electrons. The molecule has 4 heteroatoms. The van der Waals surface area contributed by atoms with Gasteiger partial charge in [-0.3, -0.25) is 0 Å². The fourth-order valence-electron chi connectivity index (χ4n) is 9.51. The first-order valence-electron chi connectivity index (χ1n) is 18.9. The molecule has 0 N–H and O–H groups in total. The first kappa shape index (κ1) is 31.1. The summed E-state index contributed by atoms with van der Waals surface area (Å²) < 4.78 is 7.07. The van der Waals surface area contributed by atoms with Gasteiger partial charge in [-0.15, -0.1) is 0 Å². The van der Waals surface area contributed by atoms with Crippen LogP contribution in [-0.2, 0) is 5.41 Å². The van der Waals surface area contributed by atoms with Crippen LogP contribution < -0.4 is 30.9 Å². The largest absolute Gasteiger partial charge is 0.458 e. The van der Waals surface area contributed by atoms with Crippen LogP contribution in [0.15, 0.2) is 170 Å². The second-order valence-corrected chi connectivity index (χ2v) is 15.4. The molecule has 0 bridgehead atoms. The van der Waals surface area contributed by atoms with E-state index in [0.717, 1.165) is 28.6 Å². The van der Waals surface area contributed by atoms with Crippen molar-refractivity contribution in [2.75, 3.05) is 9.80 Å². The monoisotopic (exact) mass is 692 g/mol. The van der Waals surface area contributed by atoms with Crippen LogP contribution in [0.5, 0.6) is 11.5 Å². The summed E-state index contributed by atoms with van der Waals surface area (Å²) in [6.45, 7) is 7.01. The number of fused-ring (bicyclic) bond motifs is 9. The summed E-state index contributed by atoms with van der Waals surface area (Å²) in [4.78, 5) is 4.83. The molecule has 0 unspecified atom stereocenters. The van der Waals surface area contributed by atoms with Crippen molar-refractivity contribution in [2.24, 2.45) is 0 Å². The van der Waals surface area contributed by atoms with Crippen LogP contribution in [0.25, 0.3) is 21.9 Å². The van der Waals surface area contributed by atoms with Crippen molar-refractivity contribution in [3.8, 4) is 22.6 Å². The van der Waals surface area contributed by atoms with E-state index in [9.17, 15) is 0 Å². The lowest BCUT2D eigenvalue weighted by Crippen LogP contribution is -2.59. The van der Waals surface area contributed by atoms with E-state index in [4.69, 9.17) is 4.74 Å². The lowest BCUT2D eigenvalue weighted by Gasteiger charge is -2.40. The summed E-state index contributed by atoms with van der Waals surface area (Å²) in [7, 11) is 0. The number of anilines is 6. The van der Waals surface area contributed by atoms with Crippen LogP contribution >= 0.6 is 0 Å². The second-order valence-electron chi connectivity index (χ2n) is 15.4. The molecule has 3 nitrogen and oxygen atoms in total. The molecule has 8 aromatic rings. The second kappa shape index (κ2) is 11.5. The smallest absolute Gasteiger partial charge is 0.256 e. The Kier molecular flexibility index (Phi) is 6.61. The molecule has 2 aliphatic heterocycles. The van der Waals surface area contributed by atoms with Gasteiger partial charge in [0.1, 0.15) is 11.5 Å². The first-order valence-corrected chi connectivity index (χ1v) is 18.9. The van der Waals surface area contributed by atoms with E-state index in [2.05, 4.69) is 200 Å². The van der Waals surface area contributed by atoms with Crippen molar-refractivity contribution in [1.82, 2.24) is 0 Å². The predicted molar refractivity (Wildman–Crippen MR) is 227 cm³/mol. The zero-order valence-corrected chi connectivity index (χ0v) is 30.5. The highest BCUT2D eigenvalue weighted by molar-refractivity contribution is 6.99. The number of benzene rings is 8. The summed E-state index contributed by atoms with van der Waals surface area (Å²) in [6.07, 6.45) is 0. The lowest BCUT2D eigenvalue weighted by atomic mass is 9.34. The Morgan fingerprint density at radius 2 is 1.19 bits per heavy atom. The quantitative estimate of drug-likeness (QED) is 0.171. The summed E-state index contributed by atoms with van der Waals surface area (Å²) in [5.41, 5.74) is 16.9. The topological polar surface area (TPSA) is 15.7 Å². The third kappa shape index (κ3) is 4.37. The van der Waals surface area contributed by atoms with Gasteiger partial charge in [-0.1, -0.05) is 117 Å². The highest BCUT2D eigenvalue weighted by Crippen LogP contribution is 2.55. The number of rotatable bonds is 4. The maximum absolute atomic E-state index is 7.07. The van der Waals surface area contributed by atoms with E-state index in [1.165, 1.54) is 72.0 Å². The Hall–Kier alpha value is -6.52. The molecule has 8 aromatic carbocycles. The maximum atomic E-state index is 7.07. The van der Waals surface area contributed by atoms with E-state index >= 15 is 0 Å². The fourth-order valence-corrected chi connectivity index (χ4v) is 9.51. The Labute approximate surface area is 316 Å². The molecule has 2 heterocycles. The van der Waals surface area contributed by atoms with Crippen molar-refractivity contribution in [3.05, 3.63) is 187 Å². The molecule has 0 spiro atoms. The van der Waals surface area contributed by atoms with Gasteiger partial charge in [0.15, 0.2) is 0 Å². The Morgan fingerprint density at radius 3 is 1.91 bits per heavy atom. The first-order chi connectivity index (χ1) is 26.5. The van der Waals surface area contributed by atoms with Gasteiger partial charge in [-0.2, -0.15) is 0 Å². The number of nitrogens with zero attached hydrogens (tertiary/aromatic N) is 2. The Balaban J connectivity index is 1.15. The van der Waals surface area contributed by atoms with Crippen molar-refractivity contribution >= 4 is 68.0 Å². The maximum Gasteiger partial charge on any atom is 0.256 e. The van der Waals surface area contributed by atoms with Gasteiger partial charge in [-0.25, -0.2) is 0 Å². The third-order valence-electron chi connectivity index (χ3n) is 11.9. The Bertz CT molecular complexity index is 2760. The highest BCUT2D eigenvalue weighted by Gasteiger charge is 2.45. The number of hydrogen-bond acceptors (Lipinski definition) is 3. The van der Waals surface area contributed by atoms with E-state index in [1.807, 2.05) is 0 Å².